The number of nitrogens with zero attached hydrogens (tertiary/aromatic N) is 1. The van der Waals surface area contributed by atoms with Gasteiger partial charge in [0.2, 0.25) is 0 Å². The highest BCUT2D eigenvalue weighted by atomic mass is 14.7. The van der Waals surface area contributed by atoms with Crippen molar-refractivity contribution in [3.05, 3.63) is 77.5 Å². The normalized spacial score (nSPS) is 26.0. The zero-order chi connectivity index (χ0) is 20.2. The lowest BCUT2D eigenvalue weighted by Gasteiger charge is -2.48. The Bertz CT molecular complexity index is 1080. The van der Waals surface area contributed by atoms with Gasteiger partial charge in [-0.1, -0.05) is 62.6 Å². The van der Waals surface area contributed by atoms with Crippen LogP contribution in [0.1, 0.15) is 75.0 Å². The molecule has 3 aliphatic carbocycles. The van der Waals surface area contributed by atoms with Crippen LogP contribution < -0.4 is 0 Å². The monoisotopic (exact) mass is 393 g/mol. The second-order valence-electron chi connectivity index (χ2n) is 9.83. The van der Waals surface area contributed by atoms with Crippen molar-refractivity contribution in [3.8, 4) is 22.4 Å². The molecular formula is C29H31N. The van der Waals surface area contributed by atoms with Gasteiger partial charge in [-0.3, -0.25) is 4.98 Å². The predicted octanol–water partition coefficient (Wildman–Crippen LogP) is 7.62. The Balaban J connectivity index is 1.58. The molecule has 2 fully saturated rings. The molecule has 3 aliphatic rings. The first-order valence-electron chi connectivity index (χ1n) is 12.0. The van der Waals surface area contributed by atoms with E-state index in [1.54, 1.807) is 16.7 Å². The number of rotatable bonds is 4. The number of unbranched alkanes of at least 4 members (excludes halogenated alkanes) is 1. The first-order chi connectivity index (χ1) is 14.8. The van der Waals surface area contributed by atoms with Gasteiger partial charge in [0.05, 0.1) is 5.69 Å². The van der Waals surface area contributed by atoms with Crippen molar-refractivity contribution < 1.29 is 0 Å². The van der Waals surface area contributed by atoms with Gasteiger partial charge in [-0.25, -0.2) is 0 Å². The van der Waals surface area contributed by atoms with Crippen LogP contribution >= 0.6 is 0 Å². The minimum atomic E-state index is 0.337. The Kier molecular flexibility index (Phi) is 4.17. The van der Waals surface area contributed by atoms with E-state index in [9.17, 15) is 0 Å². The van der Waals surface area contributed by atoms with E-state index in [1.165, 1.54) is 74.5 Å². The predicted molar refractivity (Wildman–Crippen MR) is 125 cm³/mol. The van der Waals surface area contributed by atoms with Crippen molar-refractivity contribution in [2.24, 2.45) is 0 Å². The van der Waals surface area contributed by atoms with E-state index in [4.69, 9.17) is 0 Å². The van der Waals surface area contributed by atoms with Gasteiger partial charge in [0.25, 0.3) is 0 Å². The Morgan fingerprint density at radius 3 is 2.17 bits per heavy atom. The van der Waals surface area contributed by atoms with Gasteiger partial charge in [0, 0.05) is 22.6 Å². The van der Waals surface area contributed by atoms with Crippen molar-refractivity contribution in [2.75, 3.05) is 0 Å². The van der Waals surface area contributed by atoms with Crippen LogP contribution in [-0.2, 0) is 17.3 Å². The summed E-state index contributed by atoms with van der Waals surface area (Å²) < 4.78 is 0. The molecule has 1 aromatic heterocycles. The van der Waals surface area contributed by atoms with Crippen LogP contribution in [0.25, 0.3) is 22.4 Å². The third-order valence-corrected chi connectivity index (χ3v) is 8.53. The van der Waals surface area contributed by atoms with Crippen LogP contribution in [0.3, 0.4) is 0 Å². The Hall–Kier alpha value is -2.41. The lowest BCUT2D eigenvalue weighted by Crippen LogP contribution is -2.43. The standard InChI is InChI=1S/C29H31N/c1-2-3-8-21-10-12-23-24-13-11-22(27-9-4-5-18-30-27)20-26(24)29-16-6-14-28(29,15-7-17-29)25(23)19-21/h4-5,9-13,18-20H,2-3,6-8,14-17H2,1H3. The van der Waals surface area contributed by atoms with Gasteiger partial charge in [0.15, 0.2) is 0 Å². The molecule has 152 valence electrons. The first-order valence-corrected chi connectivity index (χ1v) is 12.0. The minimum Gasteiger partial charge on any atom is -0.256 e. The molecule has 6 rings (SSSR count). The Morgan fingerprint density at radius 2 is 1.50 bits per heavy atom. The van der Waals surface area contributed by atoms with Gasteiger partial charge in [-0.2, -0.15) is 0 Å². The largest absolute Gasteiger partial charge is 0.256 e. The van der Waals surface area contributed by atoms with E-state index in [0.717, 1.165) is 5.69 Å². The zero-order valence-electron chi connectivity index (χ0n) is 18.1. The molecule has 2 aromatic carbocycles. The van der Waals surface area contributed by atoms with Gasteiger partial charge in [-0.15, -0.1) is 0 Å². The number of pyridine rings is 1. The van der Waals surface area contributed by atoms with Crippen molar-refractivity contribution in [1.82, 2.24) is 4.98 Å². The first kappa shape index (κ1) is 18.4. The second kappa shape index (κ2) is 6.80. The molecule has 3 aromatic rings. The average molecular weight is 394 g/mol. The van der Waals surface area contributed by atoms with E-state index in [0.29, 0.717) is 10.8 Å². The molecule has 1 heteroatoms. The molecule has 0 unspecified atom stereocenters. The molecule has 1 nitrogen and oxygen atoms in total. The average Bonchev–Trinajstić information content (AvgIpc) is 3.36. The summed E-state index contributed by atoms with van der Waals surface area (Å²) in [6, 6.07) is 20.9. The molecule has 0 saturated heterocycles. The fourth-order valence-electron chi connectivity index (χ4n) is 7.27. The quantitative estimate of drug-likeness (QED) is 0.444. The molecule has 0 aliphatic heterocycles. The SMILES string of the molecule is CCCCc1ccc2c(c1)C13CCCC1(CCC3)c1cc(-c3ccccn3)ccc1-2. The van der Waals surface area contributed by atoms with Crippen LogP contribution in [0.5, 0.6) is 0 Å². The van der Waals surface area contributed by atoms with E-state index >= 15 is 0 Å². The fraction of sp³-hybridized carbons (Fsp3) is 0.414. The Labute approximate surface area is 180 Å². The van der Waals surface area contributed by atoms with Crippen LogP contribution in [0.15, 0.2) is 60.8 Å². The molecule has 0 bridgehead atoms. The summed E-state index contributed by atoms with van der Waals surface area (Å²) >= 11 is 0. The smallest absolute Gasteiger partial charge is 0.0702 e. The van der Waals surface area contributed by atoms with Gasteiger partial charge >= 0.3 is 0 Å². The van der Waals surface area contributed by atoms with Crippen LogP contribution in [-0.4, -0.2) is 4.98 Å². The fourth-order valence-corrected chi connectivity index (χ4v) is 7.27. The molecule has 30 heavy (non-hydrogen) atoms. The number of fused-ring (bicyclic) bond motifs is 3. The maximum atomic E-state index is 4.65. The number of benzene rings is 2. The number of aromatic nitrogens is 1. The van der Waals surface area contributed by atoms with Crippen molar-refractivity contribution in [3.63, 3.8) is 0 Å². The van der Waals surface area contributed by atoms with E-state index < -0.39 is 0 Å². The third kappa shape index (κ3) is 2.38. The highest BCUT2D eigenvalue weighted by molar-refractivity contribution is 5.81. The highest BCUT2D eigenvalue weighted by Gasteiger charge is 2.62. The van der Waals surface area contributed by atoms with Crippen molar-refractivity contribution in [1.29, 1.82) is 0 Å². The van der Waals surface area contributed by atoms with Crippen molar-refractivity contribution in [2.45, 2.75) is 75.5 Å². The van der Waals surface area contributed by atoms with Gasteiger partial charge in [-0.05, 0) is 84.5 Å². The molecule has 0 amide bonds. The summed E-state index contributed by atoms with van der Waals surface area (Å²) in [4.78, 5) is 4.65. The zero-order valence-corrected chi connectivity index (χ0v) is 18.1. The second-order valence-corrected chi connectivity index (χ2v) is 9.83. The maximum Gasteiger partial charge on any atom is 0.0702 e. The molecule has 0 N–H and O–H groups in total. The Morgan fingerprint density at radius 1 is 0.800 bits per heavy atom. The van der Waals surface area contributed by atoms with Crippen LogP contribution in [0, 0.1) is 0 Å². The number of hydrogen-bond acceptors (Lipinski definition) is 1. The molecule has 0 spiro atoms. The summed E-state index contributed by atoms with van der Waals surface area (Å²) in [5.41, 5.74) is 10.9. The van der Waals surface area contributed by atoms with E-state index in [2.05, 4.69) is 60.4 Å². The van der Waals surface area contributed by atoms with E-state index in [-0.39, 0.29) is 0 Å². The van der Waals surface area contributed by atoms with Gasteiger partial charge in [0.1, 0.15) is 0 Å². The number of aryl methyl sites for hydroxylation is 1. The minimum absolute atomic E-state index is 0.337. The van der Waals surface area contributed by atoms with Crippen molar-refractivity contribution >= 4 is 0 Å². The summed E-state index contributed by atoms with van der Waals surface area (Å²) in [5, 5.41) is 0. The molecular weight excluding hydrogens is 362 g/mol. The molecule has 1 heterocycles. The number of hydrogen-bond donors (Lipinski definition) is 0. The van der Waals surface area contributed by atoms with Gasteiger partial charge < -0.3 is 0 Å². The third-order valence-electron chi connectivity index (χ3n) is 8.53. The summed E-state index contributed by atoms with van der Waals surface area (Å²) in [6.45, 7) is 2.30. The highest BCUT2D eigenvalue weighted by Crippen LogP contribution is 2.69. The maximum absolute atomic E-state index is 4.65. The molecule has 0 radical (unpaired) electrons. The lowest BCUT2D eigenvalue weighted by molar-refractivity contribution is 0.299. The summed E-state index contributed by atoms with van der Waals surface area (Å²) in [5.74, 6) is 0. The molecule has 2 saturated carbocycles. The molecule has 0 atom stereocenters. The van der Waals surface area contributed by atoms with E-state index in [1.807, 2.05) is 12.3 Å². The summed E-state index contributed by atoms with van der Waals surface area (Å²) in [6.07, 6.45) is 13.9. The summed E-state index contributed by atoms with van der Waals surface area (Å²) in [7, 11) is 0. The lowest BCUT2D eigenvalue weighted by atomic mass is 9.55. The van der Waals surface area contributed by atoms with Crippen LogP contribution in [0.2, 0.25) is 0 Å². The van der Waals surface area contributed by atoms with Crippen LogP contribution in [0.4, 0.5) is 0 Å². The topological polar surface area (TPSA) is 12.9 Å².